The summed E-state index contributed by atoms with van der Waals surface area (Å²) in [6, 6.07) is 1.60. The fourth-order valence-corrected chi connectivity index (χ4v) is 3.06. The van der Waals surface area contributed by atoms with Gasteiger partial charge in [-0.25, -0.2) is 0 Å². The summed E-state index contributed by atoms with van der Waals surface area (Å²) in [5, 5.41) is 0. The first-order valence-electron chi connectivity index (χ1n) is 6.45. The Bertz CT molecular complexity index is 189. The van der Waals surface area contributed by atoms with E-state index in [2.05, 4.69) is 16.8 Å². The van der Waals surface area contributed by atoms with Crippen LogP contribution in [0.15, 0.2) is 0 Å². The highest BCUT2D eigenvalue weighted by Gasteiger charge is 2.33. The number of hydrogen-bond donors (Lipinski definition) is 1. The molecule has 2 heterocycles. The van der Waals surface area contributed by atoms with E-state index in [0.29, 0.717) is 0 Å². The predicted octanol–water partition coefficient (Wildman–Crippen LogP) is 0.894. The summed E-state index contributed by atoms with van der Waals surface area (Å²) in [7, 11) is 2.21. The van der Waals surface area contributed by atoms with Crippen LogP contribution in [0.4, 0.5) is 0 Å². The summed E-state index contributed by atoms with van der Waals surface area (Å²) >= 11 is 0. The van der Waals surface area contributed by atoms with E-state index < -0.39 is 0 Å². The fourth-order valence-electron chi connectivity index (χ4n) is 3.06. The molecule has 0 aromatic heterocycles. The predicted molar refractivity (Wildman–Crippen MR) is 63.9 cm³/mol. The molecule has 0 aromatic carbocycles. The SMILES string of the molecule is CN1CC(N2CCCCCC2CCN)C1. The van der Waals surface area contributed by atoms with Crippen LogP contribution in [0.1, 0.15) is 32.1 Å². The van der Waals surface area contributed by atoms with Crippen molar-refractivity contribution in [2.24, 2.45) is 5.73 Å². The van der Waals surface area contributed by atoms with Gasteiger partial charge in [-0.15, -0.1) is 0 Å². The van der Waals surface area contributed by atoms with Crippen molar-refractivity contribution in [1.29, 1.82) is 0 Å². The molecular formula is C12H25N3. The lowest BCUT2D eigenvalue weighted by molar-refractivity contribution is 0.0225. The summed E-state index contributed by atoms with van der Waals surface area (Å²) in [6.07, 6.45) is 6.78. The molecule has 2 saturated heterocycles. The zero-order valence-corrected chi connectivity index (χ0v) is 9.99. The Kier molecular flexibility index (Phi) is 4.00. The standard InChI is InChI=1S/C12H25N3/c1-14-9-12(10-14)15-8-4-2-3-5-11(15)6-7-13/h11-12H,2-10,13H2,1H3. The van der Waals surface area contributed by atoms with Gasteiger partial charge in [0.05, 0.1) is 0 Å². The van der Waals surface area contributed by atoms with Crippen LogP contribution >= 0.6 is 0 Å². The molecule has 2 fully saturated rings. The van der Waals surface area contributed by atoms with Gasteiger partial charge in [-0.2, -0.15) is 0 Å². The maximum atomic E-state index is 5.72. The molecule has 0 spiro atoms. The van der Waals surface area contributed by atoms with Crippen molar-refractivity contribution in [3.05, 3.63) is 0 Å². The van der Waals surface area contributed by atoms with Gasteiger partial charge in [0.25, 0.3) is 0 Å². The van der Waals surface area contributed by atoms with Gasteiger partial charge in [0, 0.05) is 25.2 Å². The van der Waals surface area contributed by atoms with Crippen molar-refractivity contribution in [2.45, 2.75) is 44.2 Å². The lowest BCUT2D eigenvalue weighted by atomic mass is 10.0. The minimum Gasteiger partial charge on any atom is -0.330 e. The zero-order chi connectivity index (χ0) is 10.7. The van der Waals surface area contributed by atoms with Crippen molar-refractivity contribution >= 4 is 0 Å². The van der Waals surface area contributed by atoms with Crippen LogP contribution in [0.3, 0.4) is 0 Å². The van der Waals surface area contributed by atoms with Gasteiger partial charge in [-0.05, 0) is 39.4 Å². The highest BCUT2D eigenvalue weighted by molar-refractivity contribution is 4.90. The second kappa shape index (κ2) is 5.28. The molecule has 0 bridgehead atoms. The van der Waals surface area contributed by atoms with E-state index in [1.54, 1.807) is 0 Å². The summed E-state index contributed by atoms with van der Waals surface area (Å²) in [5.41, 5.74) is 5.72. The third kappa shape index (κ3) is 2.71. The van der Waals surface area contributed by atoms with Gasteiger partial charge in [-0.3, -0.25) is 4.90 Å². The van der Waals surface area contributed by atoms with E-state index >= 15 is 0 Å². The average molecular weight is 211 g/mol. The summed E-state index contributed by atoms with van der Waals surface area (Å²) in [5.74, 6) is 0. The highest BCUT2D eigenvalue weighted by atomic mass is 15.3. The number of rotatable bonds is 3. The average Bonchev–Trinajstić information content (AvgIpc) is 2.39. The normalized spacial score (nSPS) is 31.2. The summed E-state index contributed by atoms with van der Waals surface area (Å²) < 4.78 is 0. The number of hydrogen-bond acceptors (Lipinski definition) is 3. The molecule has 0 amide bonds. The quantitative estimate of drug-likeness (QED) is 0.752. The lowest BCUT2D eigenvalue weighted by Gasteiger charge is -2.46. The molecule has 15 heavy (non-hydrogen) atoms. The molecule has 2 aliphatic rings. The van der Waals surface area contributed by atoms with E-state index in [4.69, 9.17) is 5.73 Å². The Morgan fingerprint density at radius 1 is 1.20 bits per heavy atom. The largest absolute Gasteiger partial charge is 0.330 e. The molecule has 0 aromatic rings. The molecule has 3 heteroatoms. The first-order valence-corrected chi connectivity index (χ1v) is 6.45. The first kappa shape index (κ1) is 11.4. The van der Waals surface area contributed by atoms with Crippen LogP contribution in [-0.2, 0) is 0 Å². The lowest BCUT2D eigenvalue weighted by Crippen LogP contribution is -2.60. The Labute approximate surface area is 93.6 Å². The van der Waals surface area contributed by atoms with Crippen molar-refractivity contribution in [3.63, 3.8) is 0 Å². The van der Waals surface area contributed by atoms with Gasteiger partial charge < -0.3 is 10.6 Å². The Hall–Kier alpha value is -0.120. The van der Waals surface area contributed by atoms with Gasteiger partial charge in [0.2, 0.25) is 0 Å². The summed E-state index contributed by atoms with van der Waals surface area (Å²) in [6.45, 7) is 4.69. The second-order valence-electron chi connectivity index (χ2n) is 5.19. The summed E-state index contributed by atoms with van der Waals surface area (Å²) in [4.78, 5) is 5.16. The minimum absolute atomic E-state index is 0.774. The van der Waals surface area contributed by atoms with Crippen LogP contribution in [0.2, 0.25) is 0 Å². The second-order valence-corrected chi connectivity index (χ2v) is 5.19. The Morgan fingerprint density at radius 3 is 2.67 bits per heavy atom. The Morgan fingerprint density at radius 2 is 2.00 bits per heavy atom. The van der Waals surface area contributed by atoms with Crippen LogP contribution in [0.5, 0.6) is 0 Å². The van der Waals surface area contributed by atoms with E-state index in [1.807, 2.05) is 0 Å². The fraction of sp³-hybridized carbons (Fsp3) is 1.00. The van der Waals surface area contributed by atoms with Gasteiger partial charge in [0.15, 0.2) is 0 Å². The molecule has 2 rings (SSSR count). The number of nitrogens with zero attached hydrogens (tertiary/aromatic N) is 2. The molecule has 3 nitrogen and oxygen atoms in total. The maximum absolute atomic E-state index is 5.72. The van der Waals surface area contributed by atoms with Crippen molar-refractivity contribution in [3.8, 4) is 0 Å². The van der Waals surface area contributed by atoms with Crippen molar-refractivity contribution in [2.75, 3.05) is 33.2 Å². The van der Waals surface area contributed by atoms with Gasteiger partial charge in [0.1, 0.15) is 0 Å². The van der Waals surface area contributed by atoms with Crippen LogP contribution in [0, 0.1) is 0 Å². The third-order valence-electron chi connectivity index (χ3n) is 3.94. The maximum Gasteiger partial charge on any atom is 0.0353 e. The zero-order valence-electron chi connectivity index (χ0n) is 9.99. The molecule has 1 unspecified atom stereocenters. The molecule has 0 aliphatic carbocycles. The van der Waals surface area contributed by atoms with Crippen molar-refractivity contribution < 1.29 is 0 Å². The molecule has 1 atom stereocenters. The van der Waals surface area contributed by atoms with E-state index in [1.165, 1.54) is 51.7 Å². The van der Waals surface area contributed by atoms with E-state index in [-0.39, 0.29) is 0 Å². The van der Waals surface area contributed by atoms with Crippen LogP contribution < -0.4 is 5.73 Å². The van der Waals surface area contributed by atoms with Crippen LogP contribution in [-0.4, -0.2) is 55.1 Å². The highest BCUT2D eigenvalue weighted by Crippen LogP contribution is 2.24. The Balaban J connectivity index is 1.91. The molecule has 2 aliphatic heterocycles. The van der Waals surface area contributed by atoms with E-state index in [0.717, 1.165) is 18.6 Å². The minimum atomic E-state index is 0.774. The monoisotopic (exact) mass is 211 g/mol. The topological polar surface area (TPSA) is 32.5 Å². The number of nitrogens with two attached hydrogens (primary N) is 1. The third-order valence-corrected chi connectivity index (χ3v) is 3.94. The van der Waals surface area contributed by atoms with Gasteiger partial charge >= 0.3 is 0 Å². The number of likely N-dealkylation sites (N-methyl/N-ethyl adjacent to an activating group) is 1. The molecule has 0 radical (unpaired) electrons. The molecule has 0 saturated carbocycles. The first-order chi connectivity index (χ1) is 7.31. The molecule has 2 N–H and O–H groups in total. The van der Waals surface area contributed by atoms with E-state index in [9.17, 15) is 0 Å². The smallest absolute Gasteiger partial charge is 0.0353 e. The number of likely N-dealkylation sites (tertiary alicyclic amines) is 2. The molecular weight excluding hydrogens is 186 g/mol. The molecule has 88 valence electrons. The van der Waals surface area contributed by atoms with Crippen LogP contribution in [0.25, 0.3) is 0 Å². The van der Waals surface area contributed by atoms with Gasteiger partial charge in [-0.1, -0.05) is 12.8 Å². The van der Waals surface area contributed by atoms with Crippen molar-refractivity contribution in [1.82, 2.24) is 9.80 Å².